The zero-order valence-electron chi connectivity index (χ0n) is 19.6. The van der Waals surface area contributed by atoms with E-state index in [-0.39, 0.29) is 11.9 Å². The lowest BCUT2D eigenvalue weighted by Gasteiger charge is -2.25. The standard InChI is InChI=1S/C27H27N3O3S/c1-17-18(2)34-27(30-26(31)19-11-6-5-7-12-19)23(17)24(29-22-15-8-9-16-28-22)20-13-10-14-21(32-3)25(20)33-4/h5-16,24H,1-4H3,(H,28,29)(H,30,31)/t24-/m1/s1. The molecule has 1 atom stereocenters. The fourth-order valence-electron chi connectivity index (χ4n) is 3.89. The number of nitrogens with zero attached hydrogens (tertiary/aromatic N) is 1. The van der Waals surface area contributed by atoms with Crippen molar-refractivity contribution >= 4 is 28.1 Å². The van der Waals surface area contributed by atoms with Gasteiger partial charge in [0.25, 0.3) is 5.91 Å². The first kappa shape index (κ1) is 23.3. The summed E-state index contributed by atoms with van der Waals surface area (Å²) >= 11 is 1.56. The van der Waals surface area contributed by atoms with E-state index in [1.807, 2.05) is 54.6 Å². The van der Waals surface area contributed by atoms with Crippen LogP contribution in [0.3, 0.4) is 0 Å². The summed E-state index contributed by atoms with van der Waals surface area (Å²) in [5, 5.41) is 7.47. The first-order valence-corrected chi connectivity index (χ1v) is 11.7. The number of carbonyl (C=O) groups excluding carboxylic acids is 1. The van der Waals surface area contributed by atoms with E-state index < -0.39 is 0 Å². The van der Waals surface area contributed by atoms with E-state index in [0.717, 1.165) is 26.6 Å². The lowest BCUT2D eigenvalue weighted by molar-refractivity contribution is 0.102. The SMILES string of the molecule is COc1cccc([C@@H](Nc2ccccn2)c2c(NC(=O)c3ccccc3)sc(C)c2C)c1OC. The number of pyridine rings is 1. The second kappa shape index (κ2) is 10.4. The summed E-state index contributed by atoms with van der Waals surface area (Å²) < 4.78 is 11.3. The number of carbonyl (C=O) groups is 1. The molecule has 0 aliphatic heterocycles. The molecule has 0 bridgehead atoms. The second-order valence-corrected chi connectivity index (χ2v) is 8.95. The zero-order chi connectivity index (χ0) is 24.1. The van der Waals surface area contributed by atoms with Gasteiger partial charge in [0.15, 0.2) is 11.5 Å². The minimum atomic E-state index is -0.351. The molecule has 0 saturated carbocycles. The molecule has 7 heteroatoms. The summed E-state index contributed by atoms with van der Waals surface area (Å²) in [5.74, 6) is 1.81. The monoisotopic (exact) mass is 473 g/mol. The van der Waals surface area contributed by atoms with Crippen molar-refractivity contribution in [1.29, 1.82) is 0 Å². The van der Waals surface area contributed by atoms with Gasteiger partial charge in [-0.15, -0.1) is 11.3 Å². The molecule has 4 rings (SSSR count). The molecule has 0 aliphatic rings. The minimum absolute atomic E-state index is 0.155. The van der Waals surface area contributed by atoms with Gasteiger partial charge in [-0.1, -0.05) is 36.4 Å². The molecule has 4 aromatic rings. The predicted molar refractivity (Wildman–Crippen MR) is 137 cm³/mol. The van der Waals surface area contributed by atoms with Gasteiger partial charge in [-0.2, -0.15) is 0 Å². The smallest absolute Gasteiger partial charge is 0.256 e. The van der Waals surface area contributed by atoms with Crippen LogP contribution in [0.4, 0.5) is 10.8 Å². The fraction of sp³-hybridized carbons (Fsp3) is 0.185. The Hall–Kier alpha value is -3.84. The number of hydrogen-bond acceptors (Lipinski definition) is 6. The summed E-state index contributed by atoms with van der Waals surface area (Å²) in [6.07, 6.45) is 1.74. The van der Waals surface area contributed by atoms with E-state index in [9.17, 15) is 4.79 Å². The van der Waals surface area contributed by atoms with Crippen molar-refractivity contribution < 1.29 is 14.3 Å². The minimum Gasteiger partial charge on any atom is -0.493 e. The Kier molecular flexibility index (Phi) is 7.13. The largest absolute Gasteiger partial charge is 0.493 e. The number of aryl methyl sites for hydroxylation is 1. The van der Waals surface area contributed by atoms with Crippen LogP contribution >= 0.6 is 11.3 Å². The van der Waals surface area contributed by atoms with E-state index in [2.05, 4.69) is 29.5 Å². The second-order valence-electron chi connectivity index (χ2n) is 7.72. The average Bonchev–Trinajstić information content (AvgIpc) is 3.15. The van der Waals surface area contributed by atoms with Crippen LogP contribution < -0.4 is 20.1 Å². The molecule has 174 valence electrons. The molecular formula is C27H27N3O3S. The van der Waals surface area contributed by atoms with Crippen LogP contribution in [0.5, 0.6) is 11.5 Å². The van der Waals surface area contributed by atoms with E-state index in [0.29, 0.717) is 22.9 Å². The Morgan fingerprint density at radius 2 is 1.71 bits per heavy atom. The summed E-state index contributed by atoms with van der Waals surface area (Å²) in [6, 6.07) is 20.4. The topological polar surface area (TPSA) is 72.5 Å². The summed E-state index contributed by atoms with van der Waals surface area (Å²) in [6.45, 7) is 4.13. The third-order valence-electron chi connectivity index (χ3n) is 5.69. The highest BCUT2D eigenvalue weighted by Gasteiger charge is 2.28. The number of ether oxygens (including phenoxy) is 2. The molecule has 34 heavy (non-hydrogen) atoms. The normalized spacial score (nSPS) is 11.5. The number of amides is 1. The molecule has 2 heterocycles. The number of thiophene rings is 1. The van der Waals surface area contributed by atoms with Crippen LogP contribution in [0, 0.1) is 13.8 Å². The van der Waals surface area contributed by atoms with Gasteiger partial charge in [-0.05, 0) is 49.7 Å². The number of methoxy groups -OCH3 is 2. The molecule has 1 amide bonds. The number of rotatable bonds is 8. The van der Waals surface area contributed by atoms with Crippen molar-refractivity contribution in [2.24, 2.45) is 0 Å². The third-order valence-corrected chi connectivity index (χ3v) is 6.82. The van der Waals surface area contributed by atoms with Gasteiger partial charge in [-0.25, -0.2) is 4.98 Å². The van der Waals surface area contributed by atoms with Crippen molar-refractivity contribution in [3.63, 3.8) is 0 Å². The zero-order valence-corrected chi connectivity index (χ0v) is 20.4. The molecule has 0 saturated heterocycles. The lowest BCUT2D eigenvalue weighted by Crippen LogP contribution is -2.18. The Balaban J connectivity index is 1.85. The third kappa shape index (κ3) is 4.75. The van der Waals surface area contributed by atoms with Crippen molar-refractivity contribution in [2.75, 3.05) is 24.9 Å². The van der Waals surface area contributed by atoms with Crippen LogP contribution in [0.25, 0.3) is 0 Å². The van der Waals surface area contributed by atoms with Crippen molar-refractivity contribution in [2.45, 2.75) is 19.9 Å². The quantitative estimate of drug-likeness (QED) is 0.317. The number of para-hydroxylation sites is 1. The highest BCUT2D eigenvalue weighted by molar-refractivity contribution is 7.16. The van der Waals surface area contributed by atoms with E-state index in [4.69, 9.17) is 9.47 Å². The maximum Gasteiger partial charge on any atom is 0.256 e. The van der Waals surface area contributed by atoms with Crippen molar-refractivity contribution in [3.8, 4) is 11.5 Å². The molecular weight excluding hydrogens is 446 g/mol. The van der Waals surface area contributed by atoms with Crippen LogP contribution in [0.2, 0.25) is 0 Å². The van der Waals surface area contributed by atoms with Crippen LogP contribution in [0.1, 0.15) is 38.0 Å². The molecule has 0 unspecified atom stereocenters. The lowest BCUT2D eigenvalue weighted by atomic mass is 9.95. The maximum atomic E-state index is 13.0. The number of nitrogens with one attached hydrogen (secondary N) is 2. The van der Waals surface area contributed by atoms with Crippen LogP contribution in [0.15, 0.2) is 72.9 Å². The van der Waals surface area contributed by atoms with Gasteiger partial charge in [0.05, 0.1) is 20.3 Å². The van der Waals surface area contributed by atoms with Gasteiger partial charge in [-0.3, -0.25) is 4.79 Å². The molecule has 0 fully saturated rings. The number of benzene rings is 2. The molecule has 0 radical (unpaired) electrons. The van der Waals surface area contributed by atoms with Crippen LogP contribution in [-0.4, -0.2) is 25.1 Å². The molecule has 2 aromatic heterocycles. The fourth-order valence-corrected chi connectivity index (χ4v) is 4.98. The van der Waals surface area contributed by atoms with E-state index >= 15 is 0 Å². The Bertz CT molecular complexity index is 1270. The Morgan fingerprint density at radius 3 is 2.38 bits per heavy atom. The molecule has 2 aromatic carbocycles. The van der Waals surface area contributed by atoms with Crippen molar-refractivity contribution in [3.05, 3.63) is 100 Å². The molecule has 0 spiro atoms. The summed E-state index contributed by atoms with van der Waals surface area (Å²) in [7, 11) is 3.25. The van der Waals surface area contributed by atoms with Gasteiger partial charge in [0, 0.05) is 27.8 Å². The molecule has 0 aliphatic carbocycles. The number of hydrogen-bond donors (Lipinski definition) is 2. The van der Waals surface area contributed by atoms with Gasteiger partial charge >= 0.3 is 0 Å². The first-order chi connectivity index (χ1) is 16.5. The van der Waals surface area contributed by atoms with E-state index in [1.54, 1.807) is 43.9 Å². The van der Waals surface area contributed by atoms with Gasteiger partial charge in [0.2, 0.25) is 0 Å². The average molecular weight is 474 g/mol. The predicted octanol–water partition coefficient (Wildman–Crippen LogP) is 6.23. The Labute approximate surface area is 203 Å². The number of aromatic nitrogens is 1. The van der Waals surface area contributed by atoms with E-state index in [1.165, 1.54) is 0 Å². The highest BCUT2D eigenvalue weighted by Crippen LogP contribution is 2.45. The molecule has 2 N–H and O–H groups in total. The highest BCUT2D eigenvalue weighted by atomic mass is 32.1. The van der Waals surface area contributed by atoms with Gasteiger partial charge in [0.1, 0.15) is 10.8 Å². The van der Waals surface area contributed by atoms with Crippen LogP contribution in [-0.2, 0) is 0 Å². The van der Waals surface area contributed by atoms with Crippen molar-refractivity contribution in [1.82, 2.24) is 4.98 Å². The number of anilines is 2. The summed E-state index contributed by atoms with van der Waals surface area (Å²) in [4.78, 5) is 18.6. The maximum absolute atomic E-state index is 13.0. The molecule has 6 nitrogen and oxygen atoms in total. The van der Waals surface area contributed by atoms with Gasteiger partial charge < -0.3 is 20.1 Å². The summed E-state index contributed by atoms with van der Waals surface area (Å²) in [5.41, 5.74) is 3.53. The Morgan fingerprint density at radius 1 is 0.941 bits per heavy atom. The first-order valence-electron chi connectivity index (χ1n) is 10.9.